The highest BCUT2D eigenvalue weighted by atomic mass is 32.2. The van der Waals surface area contributed by atoms with E-state index in [0.717, 1.165) is 38.5 Å². The number of sulfonamides is 1. The van der Waals surface area contributed by atoms with Gasteiger partial charge >= 0.3 is 5.97 Å². The van der Waals surface area contributed by atoms with Crippen molar-refractivity contribution in [2.75, 3.05) is 25.0 Å². The van der Waals surface area contributed by atoms with Crippen LogP contribution in [0, 0.1) is 0 Å². The van der Waals surface area contributed by atoms with Crippen molar-refractivity contribution in [1.29, 1.82) is 0 Å². The Morgan fingerprint density at radius 2 is 1.57 bits per heavy atom. The zero-order valence-electron chi connectivity index (χ0n) is 19.4. The zero-order valence-corrected chi connectivity index (χ0v) is 20.2. The minimum Gasteiger partial charge on any atom is -0.452 e. The van der Waals surface area contributed by atoms with Crippen molar-refractivity contribution in [2.45, 2.75) is 49.5 Å². The Labute approximate surface area is 204 Å². The van der Waals surface area contributed by atoms with Gasteiger partial charge in [0.05, 0.1) is 21.7 Å². The number of para-hydroxylation sites is 1. The molecule has 0 aromatic heterocycles. The number of rotatable bonds is 8. The molecule has 9 nitrogen and oxygen atoms in total. The first-order chi connectivity index (χ1) is 16.8. The summed E-state index contributed by atoms with van der Waals surface area (Å²) in [5, 5.41) is 5.61. The predicted octanol–water partition coefficient (Wildman–Crippen LogP) is 2.94. The zero-order chi connectivity index (χ0) is 24.8. The van der Waals surface area contributed by atoms with Crippen LogP contribution in [0.4, 0.5) is 5.69 Å². The molecule has 0 atom stereocenters. The molecule has 35 heavy (non-hydrogen) atoms. The molecule has 1 saturated heterocycles. The summed E-state index contributed by atoms with van der Waals surface area (Å²) in [5.74, 6) is -1.60. The van der Waals surface area contributed by atoms with E-state index in [9.17, 15) is 22.8 Å². The number of anilines is 1. The van der Waals surface area contributed by atoms with E-state index in [4.69, 9.17) is 4.74 Å². The maximum Gasteiger partial charge on any atom is 0.338 e. The Morgan fingerprint density at radius 1 is 0.914 bits per heavy atom. The lowest BCUT2D eigenvalue weighted by molar-refractivity contribution is -0.119. The molecular formula is C25H29N3O6S. The summed E-state index contributed by atoms with van der Waals surface area (Å²) >= 11 is 0. The van der Waals surface area contributed by atoms with Crippen LogP contribution in [0.5, 0.6) is 0 Å². The molecule has 0 unspecified atom stereocenters. The van der Waals surface area contributed by atoms with E-state index in [-0.39, 0.29) is 22.4 Å². The van der Waals surface area contributed by atoms with Gasteiger partial charge in [0.15, 0.2) is 6.61 Å². The number of benzene rings is 2. The first-order valence-corrected chi connectivity index (χ1v) is 13.3. The summed E-state index contributed by atoms with van der Waals surface area (Å²) in [6.45, 7) is 0.435. The minimum atomic E-state index is -3.58. The highest BCUT2D eigenvalue weighted by Crippen LogP contribution is 2.22. The number of nitrogens with one attached hydrogen (secondary N) is 2. The van der Waals surface area contributed by atoms with Gasteiger partial charge in [0, 0.05) is 19.1 Å². The molecule has 2 aliphatic rings. The van der Waals surface area contributed by atoms with Crippen LogP contribution in [0.15, 0.2) is 53.4 Å². The van der Waals surface area contributed by atoms with Gasteiger partial charge in [-0.05, 0) is 62.1 Å². The average Bonchev–Trinajstić information content (AvgIpc) is 3.58. The van der Waals surface area contributed by atoms with E-state index in [0.29, 0.717) is 24.3 Å². The van der Waals surface area contributed by atoms with Crippen molar-refractivity contribution >= 4 is 33.5 Å². The lowest BCUT2D eigenvalue weighted by Crippen LogP contribution is -2.33. The van der Waals surface area contributed by atoms with Gasteiger partial charge in [0.2, 0.25) is 10.0 Å². The van der Waals surface area contributed by atoms with E-state index < -0.39 is 28.5 Å². The molecule has 0 spiro atoms. The number of amides is 2. The maximum absolute atomic E-state index is 12.6. The van der Waals surface area contributed by atoms with E-state index in [1.165, 1.54) is 28.6 Å². The van der Waals surface area contributed by atoms with Gasteiger partial charge in [0.25, 0.3) is 11.8 Å². The van der Waals surface area contributed by atoms with Crippen molar-refractivity contribution in [3.63, 3.8) is 0 Å². The third-order valence-electron chi connectivity index (χ3n) is 6.26. The van der Waals surface area contributed by atoms with Crippen molar-refractivity contribution in [2.24, 2.45) is 0 Å². The van der Waals surface area contributed by atoms with Crippen LogP contribution in [-0.4, -0.2) is 56.2 Å². The first-order valence-electron chi connectivity index (χ1n) is 11.8. The van der Waals surface area contributed by atoms with Crippen LogP contribution in [-0.2, 0) is 19.6 Å². The second kappa shape index (κ2) is 11.0. The fourth-order valence-corrected chi connectivity index (χ4v) is 5.88. The van der Waals surface area contributed by atoms with Gasteiger partial charge in [0.1, 0.15) is 0 Å². The standard InChI is InChI=1S/C25H29N3O6S/c29-23(27-22-10-4-3-9-21(22)24(30)26-19-7-1-2-8-19)17-34-25(31)18-11-13-20(14-12-18)35(32,33)28-15-5-6-16-28/h3-4,9-14,19H,1-2,5-8,15-17H2,(H,26,30)(H,27,29). The Balaban J connectivity index is 1.32. The predicted molar refractivity (Wildman–Crippen MR) is 130 cm³/mol. The number of hydrogen-bond donors (Lipinski definition) is 2. The fraction of sp³-hybridized carbons (Fsp3) is 0.400. The summed E-state index contributed by atoms with van der Waals surface area (Å²) in [5.41, 5.74) is 0.809. The second-order valence-electron chi connectivity index (χ2n) is 8.76. The van der Waals surface area contributed by atoms with E-state index in [2.05, 4.69) is 10.6 Å². The summed E-state index contributed by atoms with van der Waals surface area (Å²) < 4.78 is 31.7. The Kier molecular flexibility index (Phi) is 7.82. The number of carbonyl (C=O) groups excluding carboxylic acids is 3. The third kappa shape index (κ3) is 6.07. The number of hydrogen-bond acceptors (Lipinski definition) is 6. The highest BCUT2D eigenvalue weighted by molar-refractivity contribution is 7.89. The normalized spacial score (nSPS) is 16.7. The molecule has 0 bridgehead atoms. The van der Waals surface area contributed by atoms with Gasteiger partial charge in [-0.1, -0.05) is 25.0 Å². The molecule has 1 saturated carbocycles. The lowest BCUT2D eigenvalue weighted by atomic mass is 10.1. The molecule has 0 radical (unpaired) electrons. The molecule has 4 rings (SSSR count). The molecule has 1 aliphatic heterocycles. The Bertz CT molecular complexity index is 1180. The fourth-order valence-electron chi connectivity index (χ4n) is 4.36. The van der Waals surface area contributed by atoms with Gasteiger partial charge in [-0.25, -0.2) is 13.2 Å². The van der Waals surface area contributed by atoms with Crippen molar-refractivity contribution in [1.82, 2.24) is 9.62 Å². The largest absolute Gasteiger partial charge is 0.452 e. The van der Waals surface area contributed by atoms with Crippen LogP contribution in [0.3, 0.4) is 0 Å². The molecule has 186 valence electrons. The quantitative estimate of drug-likeness (QED) is 0.539. The van der Waals surface area contributed by atoms with Crippen LogP contribution < -0.4 is 10.6 Å². The number of nitrogens with zero attached hydrogens (tertiary/aromatic N) is 1. The van der Waals surface area contributed by atoms with Crippen LogP contribution >= 0.6 is 0 Å². The monoisotopic (exact) mass is 499 g/mol. The van der Waals surface area contributed by atoms with Crippen LogP contribution in [0.1, 0.15) is 59.2 Å². The summed E-state index contributed by atoms with van der Waals surface area (Å²) in [4.78, 5) is 37.5. The molecular weight excluding hydrogens is 470 g/mol. The summed E-state index contributed by atoms with van der Waals surface area (Å²) in [6, 6.07) is 12.3. The number of esters is 1. The number of carbonyl (C=O) groups is 3. The highest BCUT2D eigenvalue weighted by Gasteiger charge is 2.27. The van der Waals surface area contributed by atoms with Crippen LogP contribution in [0.2, 0.25) is 0 Å². The topological polar surface area (TPSA) is 122 Å². The molecule has 2 fully saturated rings. The molecule has 10 heteroatoms. The minimum absolute atomic E-state index is 0.112. The average molecular weight is 500 g/mol. The Morgan fingerprint density at radius 3 is 2.26 bits per heavy atom. The van der Waals surface area contributed by atoms with Gasteiger partial charge < -0.3 is 15.4 Å². The summed E-state index contributed by atoms with van der Waals surface area (Å²) in [7, 11) is -3.58. The molecule has 2 aromatic carbocycles. The van der Waals surface area contributed by atoms with Gasteiger partial charge in [-0.15, -0.1) is 0 Å². The molecule has 1 heterocycles. The first kappa shape index (κ1) is 24.9. The smallest absolute Gasteiger partial charge is 0.338 e. The molecule has 2 N–H and O–H groups in total. The molecule has 2 amide bonds. The summed E-state index contributed by atoms with van der Waals surface area (Å²) in [6.07, 6.45) is 5.74. The van der Waals surface area contributed by atoms with Crippen LogP contribution in [0.25, 0.3) is 0 Å². The Hall–Kier alpha value is -3.24. The van der Waals surface area contributed by atoms with Gasteiger partial charge in [-0.3, -0.25) is 9.59 Å². The SMILES string of the molecule is O=C(COC(=O)c1ccc(S(=O)(=O)N2CCCC2)cc1)Nc1ccccc1C(=O)NC1CCCC1. The van der Waals surface area contributed by atoms with Gasteiger partial charge in [-0.2, -0.15) is 4.31 Å². The van der Waals surface area contributed by atoms with Crippen molar-refractivity contribution < 1.29 is 27.5 Å². The van der Waals surface area contributed by atoms with E-state index in [1.807, 2.05) is 0 Å². The number of ether oxygens (including phenoxy) is 1. The molecule has 2 aromatic rings. The third-order valence-corrected chi connectivity index (χ3v) is 8.18. The molecule has 1 aliphatic carbocycles. The van der Waals surface area contributed by atoms with E-state index in [1.54, 1.807) is 24.3 Å². The van der Waals surface area contributed by atoms with E-state index >= 15 is 0 Å². The second-order valence-corrected chi connectivity index (χ2v) is 10.7. The van der Waals surface area contributed by atoms with Crippen molar-refractivity contribution in [3.8, 4) is 0 Å². The van der Waals surface area contributed by atoms with Crippen molar-refractivity contribution in [3.05, 3.63) is 59.7 Å². The maximum atomic E-state index is 12.6. The lowest BCUT2D eigenvalue weighted by Gasteiger charge is -2.15.